The lowest BCUT2D eigenvalue weighted by molar-refractivity contribution is -0.00140. The molecule has 1 saturated heterocycles. The Morgan fingerprint density at radius 2 is 1.74 bits per heavy atom. The number of hydrogen-bond acceptors (Lipinski definition) is 5. The number of hydrogen-bond donors (Lipinski definition) is 1. The summed E-state index contributed by atoms with van der Waals surface area (Å²) >= 11 is 0. The normalized spacial score (nSPS) is 32.7. The van der Waals surface area contributed by atoms with Gasteiger partial charge in [-0.15, -0.1) is 0 Å². The average molecular weight is 289 g/mol. The van der Waals surface area contributed by atoms with E-state index in [2.05, 4.69) is 23.9 Å². The Morgan fingerprint density at radius 3 is 2.05 bits per heavy atom. The highest BCUT2D eigenvalue weighted by Gasteiger charge is 2.48. The van der Waals surface area contributed by atoms with Crippen LogP contribution in [0.1, 0.15) is 25.7 Å². The molecule has 1 unspecified atom stereocenters. The summed E-state index contributed by atoms with van der Waals surface area (Å²) in [7, 11) is 3.37. The Hall–Kier alpha value is -0.170. The topological polar surface area (TPSA) is 66.6 Å². The SMILES string of the molecule is CN(C)C1(CN(C)C2(CN)CCS(=O)(=O)C2)CCC1. The molecule has 0 amide bonds. The first-order chi connectivity index (χ1) is 8.75. The van der Waals surface area contributed by atoms with E-state index in [1.54, 1.807) is 0 Å². The van der Waals surface area contributed by atoms with Crippen molar-refractivity contribution < 1.29 is 8.42 Å². The number of nitrogens with two attached hydrogens (primary N) is 1. The van der Waals surface area contributed by atoms with E-state index in [0.29, 0.717) is 13.0 Å². The zero-order chi connectivity index (χ0) is 14.3. The highest BCUT2D eigenvalue weighted by atomic mass is 32.2. The van der Waals surface area contributed by atoms with E-state index in [4.69, 9.17) is 5.73 Å². The Morgan fingerprint density at radius 1 is 1.11 bits per heavy atom. The van der Waals surface area contributed by atoms with Crippen LogP contribution in [0.2, 0.25) is 0 Å². The van der Waals surface area contributed by atoms with Gasteiger partial charge in [-0.2, -0.15) is 0 Å². The van der Waals surface area contributed by atoms with E-state index >= 15 is 0 Å². The van der Waals surface area contributed by atoms with Crippen molar-refractivity contribution in [3.63, 3.8) is 0 Å². The predicted molar refractivity (Wildman–Crippen MR) is 78.0 cm³/mol. The van der Waals surface area contributed by atoms with Crippen LogP contribution in [0, 0.1) is 0 Å². The molecule has 0 radical (unpaired) electrons. The van der Waals surface area contributed by atoms with Crippen molar-refractivity contribution in [2.45, 2.75) is 36.8 Å². The van der Waals surface area contributed by atoms with Crippen LogP contribution in [0.4, 0.5) is 0 Å². The van der Waals surface area contributed by atoms with Crippen LogP contribution in [0.5, 0.6) is 0 Å². The van der Waals surface area contributed by atoms with Gasteiger partial charge in [-0.1, -0.05) is 0 Å². The maximum atomic E-state index is 11.8. The fourth-order valence-corrected chi connectivity index (χ4v) is 5.59. The molecule has 2 N–H and O–H groups in total. The van der Waals surface area contributed by atoms with Gasteiger partial charge in [0.2, 0.25) is 0 Å². The lowest BCUT2D eigenvalue weighted by atomic mass is 9.74. The summed E-state index contributed by atoms with van der Waals surface area (Å²) in [6, 6.07) is 0. The van der Waals surface area contributed by atoms with Gasteiger partial charge in [0, 0.05) is 24.2 Å². The summed E-state index contributed by atoms with van der Waals surface area (Å²) in [5.74, 6) is 0.500. The molecule has 2 fully saturated rings. The van der Waals surface area contributed by atoms with Crippen molar-refractivity contribution in [2.75, 3.05) is 45.7 Å². The third kappa shape index (κ3) is 2.68. The summed E-state index contributed by atoms with van der Waals surface area (Å²) in [6.07, 6.45) is 4.32. The first-order valence-electron chi connectivity index (χ1n) is 7.05. The molecule has 2 rings (SSSR count). The molecule has 1 aliphatic carbocycles. The maximum Gasteiger partial charge on any atom is 0.152 e. The van der Waals surface area contributed by atoms with Gasteiger partial charge in [-0.3, -0.25) is 4.90 Å². The molecule has 19 heavy (non-hydrogen) atoms. The van der Waals surface area contributed by atoms with Crippen molar-refractivity contribution in [2.24, 2.45) is 5.73 Å². The fraction of sp³-hybridized carbons (Fsp3) is 1.00. The van der Waals surface area contributed by atoms with E-state index in [1.807, 2.05) is 7.05 Å². The summed E-state index contributed by atoms with van der Waals surface area (Å²) < 4.78 is 23.6. The van der Waals surface area contributed by atoms with E-state index < -0.39 is 9.84 Å². The highest BCUT2D eigenvalue weighted by Crippen LogP contribution is 2.39. The van der Waals surface area contributed by atoms with Crippen LogP contribution >= 0.6 is 0 Å². The second kappa shape index (κ2) is 4.98. The van der Waals surface area contributed by atoms with Gasteiger partial charge >= 0.3 is 0 Å². The third-order valence-corrected chi connectivity index (χ3v) is 7.12. The van der Waals surface area contributed by atoms with Gasteiger partial charge in [-0.25, -0.2) is 8.42 Å². The van der Waals surface area contributed by atoms with Gasteiger partial charge in [-0.05, 0) is 46.8 Å². The molecule has 0 aromatic carbocycles. The molecule has 2 aliphatic rings. The zero-order valence-corrected chi connectivity index (χ0v) is 13.2. The van der Waals surface area contributed by atoms with Gasteiger partial charge in [0.1, 0.15) is 0 Å². The monoisotopic (exact) mass is 289 g/mol. The van der Waals surface area contributed by atoms with E-state index in [-0.39, 0.29) is 22.6 Å². The lowest BCUT2D eigenvalue weighted by Crippen LogP contribution is -2.63. The summed E-state index contributed by atoms with van der Waals surface area (Å²) in [5.41, 5.74) is 5.79. The molecule has 0 aromatic rings. The number of sulfone groups is 1. The van der Waals surface area contributed by atoms with Crippen LogP contribution in [-0.2, 0) is 9.84 Å². The lowest BCUT2D eigenvalue weighted by Gasteiger charge is -2.52. The Bertz CT molecular complexity index is 431. The van der Waals surface area contributed by atoms with Gasteiger partial charge in [0.15, 0.2) is 9.84 Å². The minimum Gasteiger partial charge on any atom is -0.329 e. The first kappa shape index (κ1) is 15.2. The maximum absolute atomic E-state index is 11.8. The van der Waals surface area contributed by atoms with Gasteiger partial charge < -0.3 is 10.6 Å². The van der Waals surface area contributed by atoms with E-state index in [9.17, 15) is 8.42 Å². The predicted octanol–water partition coefficient (Wildman–Crippen LogP) is -0.0815. The molecular formula is C13H27N3O2S. The van der Waals surface area contributed by atoms with Crippen LogP contribution in [0.25, 0.3) is 0 Å². The Balaban J connectivity index is 2.12. The molecule has 0 bridgehead atoms. The minimum absolute atomic E-state index is 0.212. The Kier molecular flexibility index (Phi) is 3.99. The van der Waals surface area contributed by atoms with Crippen LogP contribution in [0.3, 0.4) is 0 Å². The highest BCUT2D eigenvalue weighted by molar-refractivity contribution is 7.91. The number of likely N-dealkylation sites (N-methyl/N-ethyl adjacent to an activating group) is 2. The van der Waals surface area contributed by atoms with Crippen LogP contribution in [0.15, 0.2) is 0 Å². The minimum atomic E-state index is -2.91. The molecule has 0 spiro atoms. The standard InChI is InChI=1S/C13H27N3O2S/c1-15(2)12(5-4-6-12)10-16(3)13(9-14)7-8-19(17,18)11-13/h4-11,14H2,1-3H3. The molecule has 0 aromatic heterocycles. The van der Waals surface area contributed by atoms with Crippen molar-refractivity contribution >= 4 is 9.84 Å². The quantitative estimate of drug-likeness (QED) is 0.767. The molecule has 6 heteroatoms. The number of rotatable bonds is 5. The molecule has 112 valence electrons. The molecular weight excluding hydrogens is 262 g/mol. The average Bonchev–Trinajstić information content (AvgIpc) is 2.60. The van der Waals surface area contributed by atoms with Crippen LogP contribution in [-0.4, -0.2) is 75.0 Å². The molecule has 1 heterocycles. The largest absolute Gasteiger partial charge is 0.329 e. The van der Waals surface area contributed by atoms with Crippen molar-refractivity contribution in [1.29, 1.82) is 0 Å². The molecule has 5 nitrogen and oxygen atoms in total. The Labute approximate surface area is 117 Å². The van der Waals surface area contributed by atoms with E-state index in [0.717, 1.165) is 6.54 Å². The zero-order valence-electron chi connectivity index (χ0n) is 12.4. The van der Waals surface area contributed by atoms with E-state index in [1.165, 1.54) is 19.3 Å². The summed E-state index contributed by atoms with van der Waals surface area (Å²) in [4.78, 5) is 4.51. The first-order valence-corrected chi connectivity index (χ1v) is 8.87. The summed E-state index contributed by atoms with van der Waals surface area (Å²) in [5, 5.41) is 0. The van der Waals surface area contributed by atoms with Gasteiger partial charge in [0.05, 0.1) is 11.5 Å². The summed E-state index contributed by atoms with van der Waals surface area (Å²) in [6.45, 7) is 1.33. The molecule has 1 atom stereocenters. The second-order valence-corrected chi connectivity index (χ2v) is 8.78. The number of nitrogens with zero attached hydrogens (tertiary/aromatic N) is 2. The molecule has 1 aliphatic heterocycles. The second-order valence-electron chi connectivity index (χ2n) is 6.60. The van der Waals surface area contributed by atoms with Crippen LogP contribution < -0.4 is 5.73 Å². The van der Waals surface area contributed by atoms with Gasteiger partial charge in [0.25, 0.3) is 0 Å². The van der Waals surface area contributed by atoms with Crippen molar-refractivity contribution in [3.05, 3.63) is 0 Å². The van der Waals surface area contributed by atoms with Crippen molar-refractivity contribution in [3.8, 4) is 0 Å². The third-order valence-electron chi connectivity index (χ3n) is 5.32. The van der Waals surface area contributed by atoms with Crippen molar-refractivity contribution in [1.82, 2.24) is 9.80 Å². The smallest absolute Gasteiger partial charge is 0.152 e. The molecule has 1 saturated carbocycles. The fourth-order valence-electron chi connectivity index (χ4n) is 3.46.